The van der Waals surface area contributed by atoms with Gasteiger partial charge in [0.1, 0.15) is 22.6 Å². The fraction of sp³-hybridized carbons (Fsp3) is 0.400. The van der Waals surface area contributed by atoms with Crippen molar-refractivity contribution in [3.05, 3.63) is 59.4 Å². The van der Waals surface area contributed by atoms with Gasteiger partial charge in [0, 0.05) is 43.6 Å². The highest BCUT2D eigenvalue weighted by Gasteiger charge is 2.38. The highest BCUT2D eigenvalue weighted by molar-refractivity contribution is 7.89. The zero-order valence-electron chi connectivity index (χ0n) is 19.7. The van der Waals surface area contributed by atoms with Crippen molar-refractivity contribution in [2.75, 3.05) is 26.7 Å². The van der Waals surface area contributed by atoms with Gasteiger partial charge in [-0.3, -0.25) is 4.79 Å². The molecule has 1 heterocycles. The van der Waals surface area contributed by atoms with Gasteiger partial charge >= 0.3 is 0 Å². The molecule has 1 N–H and O–H groups in total. The Bertz CT molecular complexity index is 1200. The van der Waals surface area contributed by atoms with Crippen LogP contribution in [0.3, 0.4) is 0 Å². The summed E-state index contributed by atoms with van der Waals surface area (Å²) in [5.74, 6) is 5.26. The molecule has 2 aromatic rings. The quantitative estimate of drug-likeness (QED) is 0.669. The molecule has 0 saturated carbocycles. The molecule has 0 fully saturated rings. The number of rotatable bonds is 4. The summed E-state index contributed by atoms with van der Waals surface area (Å²) >= 11 is 0. The molecule has 1 aliphatic rings. The van der Waals surface area contributed by atoms with Crippen molar-refractivity contribution >= 4 is 15.9 Å². The molecule has 3 rings (SSSR count). The summed E-state index contributed by atoms with van der Waals surface area (Å²) in [4.78, 5) is 13.3. The van der Waals surface area contributed by atoms with E-state index in [0.29, 0.717) is 11.1 Å². The van der Waals surface area contributed by atoms with E-state index in [9.17, 15) is 22.7 Å². The highest BCUT2D eigenvalue weighted by atomic mass is 32.2. The van der Waals surface area contributed by atoms with Crippen LogP contribution < -0.4 is 4.74 Å². The highest BCUT2D eigenvalue weighted by Crippen LogP contribution is 2.34. The first-order valence-corrected chi connectivity index (χ1v) is 12.4. The monoisotopic (exact) mass is 488 g/mol. The molecular weight excluding hydrogens is 459 g/mol. The number of aliphatic hydroxyl groups is 1. The van der Waals surface area contributed by atoms with E-state index < -0.39 is 22.2 Å². The van der Waals surface area contributed by atoms with E-state index in [4.69, 9.17) is 4.74 Å². The maximum atomic E-state index is 13.5. The smallest absolute Gasteiger partial charge is 0.247 e. The second kappa shape index (κ2) is 10.6. The fourth-order valence-electron chi connectivity index (χ4n) is 3.60. The largest absolute Gasteiger partial charge is 0.487 e. The van der Waals surface area contributed by atoms with Gasteiger partial charge in [0.25, 0.3) is 0 Å². The Morgan fingerprint density at radius 2 is 1.85 bits per heavy atom. The lowest BCUT2D eigenvalue weighted by Crippen LogP contribution is -2.50. The molecule has 0 unspecified atom stereocenters. The predicted molar refractivity (Wildman–Crippen MR) is 126 cm³/mol. The van der Waals surface area contributed by atoms with Crippen molar-refractivity contribution in [2.45, 2.75) is 37.8 Å². The number of benzene rings is 2. The molecule has 9 heteroatoms. The molecule has 0 spiro atoms. The van der Waals surface area contributed by atoms with Gasteiger partial charge in [-0.05, 0) is 49.4 Å². The minimum atomic E-state index is -3.97. The maximum absolute atomic E-state index is 13.5. The van der Waals surface area contributed by atoms with E-state index in [1.165, 1.54) is 34.3 Å². The van der Waals surface area contributed by atoms with Crippen molar-refractivity contribution in [2.24, 2.45) is 5.92 Å². The Morgan fingerprint density at radius 3 is 2.47 bits per heavy atom. The Morgan fingerprint density at radius 1 is 1.24 bits per heavy atom. The minimum absolute atomic E-state index is 0.0255. The first-order chi connectivity index (χ1) is 16.0. The number of halogens is 1. The summed E-state index contributed by atoms with van der Waals surface area (Å²) in [7, 11) is -2.31. The van der Waals surface area contributed by atoms with Crippen molar-refractivity contribution in [1.29, 1.82) is 0 Å². The summed E-state index contributed by atoms with van der Waals surface area (Å²) in [5.41, 5.74) is 1.13. The number of fused-ring (bicyclic) bond motifs is 1. The molecule has 0 radical (unpaired) electrons. The number of sulfonamides is 1. The first kappa shape index (κ1) is 25.7. The standard InChI is InChI=1S/C25H29FN2O5S/c1-17-14-28(18(2)16-29)34(31,32)25-12-9-21(6-5-20-7-10-22(26)11-8-20)13-23(25)33-24(17)15-27(4)19(3)30/h7-13,17-18,24,29H,14-16H2,1-4H3/t17-,18-,24-/m0/s1. The summed E-state index contributed by atoms with van der Waals surface area (Å²) in [5, 5.41) is 9.71. The van der Waals surface area contributed by atoms with Crippen LogP contribution in [0.5, 0.6) is 5.75 Å². The molecule has 34 heavy (non-hydrogen) atoms. The SMILES string of the molecule is CC(=O)N(C)C[C@@H]1Oc2cc(C#Cc3ccc(F)cc3)ccc2S(=O)(=O)N([C@@H](C)CO)C[C@@H]1C. The van der Waals surface area contributed by atoms with Crippen molar-refractivity contribution in [3.63, 3.8) is 0 Å². The average Bonchev–Trinajstić information content (AvgIpc) is 2.80. The van der Waals surface area contributed by atoms with Gasteiger partial charge in [0.15, 0.2) is 0 Å². The Balaban J connectivity index is 2.07. The van der Waals surface area contributed by atoms with Crippen LogP contribution in [-0.4, -0.2) is 67.5 Å². The van der Waals surface area contributed by atoms with Crippen LogP contribution in [-0.2, 0) is 14.8 Å². The first-order valence-electron chi connectivity index (χ1n) is 11.0. The van der Waals surface area contributed by atoms with Crippen LogP contribution >= 0.6 is 0 Å². The normalized spacial score (nSPS) is 20.5. The van der Waals surface area contributed by atoms with Crippen LogP contribution in [0.2, 0.25) is 0 Å². The van der Waals surface area contributed by atoms with E-state index in [-0.39, 0.29) is 48.0 Å². The second-order valence-electron chi connectivity index (χ2n) is 8.56. The lowest BCUT2D eigenvalue weighted by atomic mass is 10.0. The molecule has 182 valence electrons. The van der Waals surface area contributed by atoms with Gasteiger partial charge in [-0.2, -0.15) is 4.31 Å². The third-order valence-corrected chi connectivity index (χ3v) is 7.87. The number of likely N-dealkylation sites (N-methyl/N-ethyl adjacent to an activating group) is 1. The summed E-state index contributed by atoms with van der Waals surface area (Å²) in [6.45, 7) is 5.02. The summed E-state index contributed by atoms with van der Waals surface area (Å²) in [6, 6.07) is 9.69. The third-order valence-electron chi connectivity index (χ3n) is 5.85. The van der Waals surface area contributed by atoms with Crippen molar-refractivity contribution in [1.82, 2.24) is 9.21 Å². The predicted octanol–water partition coefficient (Wildman–Crippen LogP) is 2.47. The molecule has 1 amide bonds. The minimum Gasteiger partial charge on any atom is -0.487 e. The molecule has 3 atom stereocenters. The molecule has 0 aliphatic carbocycles. The van der Waals surface area contributed by atoms with Crippen LogP contribution in [0.1, 0.15) is 31.9 Å². The van der Waals surface area contributed by atoms with Gasteiger partial charge in [-0.15, -0.1) is 0 Å². The topological polar surface area (TPSA) is 87.2 Å². The van der Waals surface area contributed by atoms with E-state index in [1.54, 1.807) is 38.2 Å². The molecule has 0 saturated heterocycles. The van der Waals surface area contributed by atoms with E-state index in [2.05, 4.69) is 11.8 Å². The van der Waals surface area contributed by atoms with Gasteiger partial charge in [0.2, 0.25) is 15.9 Å². The summed E-state index contributed by atoms with van der Waals surface area (Å²) in [6.07, 6.45) is -0.489. The van der Waals surface area contributed by atoms with Gasteiger partial charge < -0.3 is 14.7 Å². The number of hydrogen-bond donors (Lipinski definition) is 1. The lowest BCUT2D eigenvalue weighted by Gasteiger charge is -2.37. The summed E-state index contributed by atoms with van der Waals surface area (Å²) < 4.78 is 47.6. The zero-order valence-corrected chi connectivity index (χ0v) is 20.5. The van der Waals surface area contributed by atoms with E-state index >= 15 is 0 Å². The number of hydrogen-bond acceptors (Lipinski definition) is 5. The molecule has 0 bridgehead atoms. The Hall–Kier alpha value is -2.93. The van der Waals surface area contributed by atoms with Crippen LogP contribution in [0.25, 0.3) is 0 Å². The second-order valence-corrected chi connectivity index (χ2v) is 10.4. The van der Waals surface area contributed by atoms with Gasteiger partial charge in [-0.1, -0.05) is 18.8 Å². The molecule has 2 aromatic carbocycles. The van der Waals surface area contributed by atoms with Crippen molar-refractivity contribution < 1.29 is 27.4 Å². The zero-order chi connectivity index (χ0) is 25.0. The van der Waals surface area contributed by atoms with Gasteiger partial charge in [-0.25, -0.2) is 12.8 Å². The van der Waals surface area contributed by atoms with Crippen LogP contribution in [0, 0.1) is 23.6 Å². The number of ether oxygens (including phenoxy) is 1. The maximum Gasteiger partial charge on any atom is 0.247 e. The Kier molecular flexibility index (Phi) is 7.97. The van der Waals surface area contributed by atoms with Crippen molar-refractivity contribution in [3.8, 4) is 17.6 Å². The number of amides is 1. The number of nitrogens with zero attached hydrogens (tertiary/aromatic N) is 2. The molecule has 0 aromatic heterocycles. The van der Waals surface area contributed by atoms with Crippen LogP contribution in [0.15, 0.2) is 47.4 Å². The lowest BCUT2D eigenvalue weighted by molar-refractivity contribution is -0.129. The number of carbonyl (C=O) groups is 1. The number of aliphatic hydroxyl groups excluding tert-OH is 1. The third kappa shape index (κ3) is 5.76. The number of carbonyl (C=O) groups excluding carboxylic acids is 1. The molecular formula is C25H29FN2O5S. The Labute approximate surface area is 200 Å². The van der Waals surface area contributed by atoms with E-state index in [1.807, 2.05) is 6.92 Å². The van der Waals surface area contributed by atoms with Gasteiger partial charge in [0.05, 0.1) is 13.2 Å². The average molecular weight is 489 g/mol. The molecule has 1 aliphatic heterocycles. The fourth-order valence-corrected chi connectivity index (χ4v) is 5.42. The van der Waals surface area contributed by atoms with Crippen LogP contribution in [0.4, 0.5) is 4.39 Å². The molecule has 7 nitrogen and oxygen atoms in total. The van der Waals surface area contributed by atoms with E-state index in [0.717, 1.165) is 0 Å².